The van der Waals surface area contributed by atoms with E-state index >= 15 is 0 Å². The average molecular weight is 895 g/mol. The van der Waals surface area contributed by atoms with Crippen LogP contribution < -0.4 is 24.8 Å². The summed E-state index contributed by atoms with van der Waals surface area (Å²) in [6.45, 7) is 38.9. The van der Waals surface area contributed by atoms with Crippen molar-refractivity contribution in [3.63, 3.8) is 0 Å². The van der Waals surface area contributed by atoms with Gasteiger partial charge in [-0.05, 0) is 67.9 Å². The summed E-state index contributed by atoms with van der Waals surface area (Å²) in [7, 11) is 0. The van der Waals surface area contributed by atoms with E-state index in [0.717, 1.165) is 19.3 Å². The van der Waals surface area contributed by atoms with Crippen LogP contribution in [0.15, 0.2) is 97.1 Å². The number of fused-ring (bicyclic) bond motifs is 2. The molecule has 0 atom stereocenters. The molecule has 6 aromatic rings. The van der Waals surface area contributed by atoms with Crippen LogP contribution in [-0.4, -0.2) is 0 Å². The maximum Gasteiger partial charge on any atom is 2.00 e. The summed E-state index contributed by atoms with van der Waals surface area (Å²) in [4.78, 5) is 0. The maximum absolute atomic E-state index is 3.38. The molecule has 314 valence electrons. The van der Waals surface area contributed by atoms with Crippen LogP contribution in [0, 0.1) is 13.8 Å². The zero-order valence-electron chi connectivity index (χ0n) is 38.4. The van der Waals surface area contributed by atoms with Gasteiger partial charge in [-0.1, -0.05) is 169 Å². The van der Waals surface area contributed by atoms with Gasteiger partial charge in [0.25, 0.3) is 0 Å². The van der Waals surface area contributed by atoms with E-state index in [1.165, 1.54) is 90.0 Å². The second-order valence-electron chi connectivity index (χ2n) is 19.8. The molecule has 0 spiro atoms. The molecular formula is C55H72Cl2Zr-4. The van der Waals surface area contributed by atoms with E-state index in [0.29, 0.717) is 0 Å². The molecule has 0 saturated carbocycles. The van der Waals surface area contributed by atoms with Crippen LogP contribution in [0.25, 0.3) is 43.8 Å². The Kier molecular flexibility index (Phi) is 20.2. The van der Waals surface area contributed by atoms with Crippen molar-refractivity contribution in [3.05, 3.63) is 144 Å². The van der Waals surface area contributed by atoms with E-state index in [1.54, 1.807) is 0 Å². The number of benzene rings is 4. The molecule has 0 aliphatic carbocycles. The van der Waals surface area contributed by atoms with Crippen LogP contribution in [0.1, 0.15) is 150 Å². The van der Waals surface area contributed by atoms with Crippen LogP contribution in [0.4, 0.5) is 0 Å². The van der Waals surface area contributed by atoms with Gasteiger partial charge in [-0.25, -0.2) is 0 Å². The minimum absolute atomic E-state index is 0. The van der Waals surface area contributed by atoms with Crippen LogP contribution in [0.2, 0.25) is 0 Å². The standard InChI is InChI=1S/2C26H33.C3H6.2ClH.Zr/c2*1-8-10-18-13-19-11-9-12-23(24(19)14-18)20-15-21(25(2,3)4)17-22(16-20)26(5,6)7;1-3-2;;;/h2*9,11-17H,8,10H2,1-7H3;1-3H2;2*1H;/q2*-1;-2;;;+2/p-2. The van der Waals surface area contributed by atoms with Crippen molar-refractivity contribution in [1.29, 1.82) is 0 Å². The zero-order chi connectivity index (χ0) is 40.9. The Morgan fingerprint density at radius 2 is 0.724 bits per heavy atom. The van der Waals surface area contributed by atoms with Gasteiger partial charge in [0.2, 0.25) is 0 Å². The van der Waals surface area contributed by atoms with Gasteiger partial charge in [-0.3, -0.25) is 0 Å². The molecule has 0 aliphatic heterocycles. The Morgan fingerprint density at radius 3 is 0.966 bits per heavy atom. The summed E-state index contributed by atoms with van der Waals surface area (Å²) in [5, 5.41) is 5.51. The third-order valence-corrected chi connectivity index (χ3v) is 10.7. The van der Waals surface area contributed by atoms with Crippen LogP contribution in [0.3, 0.4) is 0 Å². The summed E-state index contributed by atoms with van der Waals surface area (Å²) in [5.41, 5.74) is 14.6. The molecule has 0 saturated heterocycles. The van der Waals surface area contributed by atoms with Gasteiger partial charge in [0.05, 0.1) is 0 Å². The molecule has 6 aromatic carbocycles. The number of hydrogen-bond donors (Lipinski definition) is 0. The van der Waals surface area contributed by atoms with Crippen molar-refractivity contribution in [2.45, 2.75) is 151 Å². The minimum Gasteiger partial charge on any atom is -1.00 e. The van der Waals surface area contributed by atoms with Gasteiger partial charge in [0, 0.05) is 0 Å². The molecule has 0 fully saturated rings. The Bertz CT molecular complexity index is 1940. The molecule has 0 nitrogen and oxygen atoms in total. The molecule has 58 heavy (non-hydrogen) atoms. The first-order valence-electron chi connectivity index (χ1n) is 20.9. The summed E-state index contributed by atoms with van der Waals surface area (Å²) < 4.78 is 0. The van der Waals surface area contributed by atoms with Crippen molar-refractivity contribution in [2.75, 3.05) is 0 Å². The fraction of sp³-hybridized carbons (Fsp3) is 0.418. The molecule has 0 radical (unpaired) electrons. The predicted octanol–water partition coefficient (Wildman–Crippen LogP) is 10.6. The van der Waals surface area contributed by atoms with Gasteiger partial charge < -0.3 is 45.1 Å². The Labute approximate surface area is 387 Å². The summed E-state index contributed by atoms with van der Waals surface area (Å²) in [6, 6.07) is 37.4. The van der Waals surface area contributed by atoms with Crippen molar-refractivity contribution >= 4 is 21.5 Å². The largest absolute Gasteiger partial charge is 2.00 e. The van der Waals surface area contributed by atoms with Gasteiger partial charge in [0.15, 0.2) is 0 Å². The van der Waals surface area contributed by atoms with E-state index in [1.807, 2.05) is 0 Å². The number of halogens is 2. The first-order valence-corrected chi connectivity index (χ1v) is 20.9. The van der Waals surface area contributed by atoms with Crippen LogP contribution in [0.5, 0.6) is 0 Å². The second kappa shape index (κ2) is 21.9. The van der Waals surface area contributed by atoms with E-state index in [4.69, 9.17) is 0 Å². The summed E-state index contributed by atoms with van der Waals surface area (Å²) >= 11 is 0. The van der Waals surface area contributed by atoms with Crippen molar-refractivity contribution in [2.24, 2.45) is 0 Å². The van der Waals surface area contributed by atoms with Crippen molar-refractivity contribution in [3.8, 4) is 22.3 Å². The zero-order valence-corrected chi connectivity index (χ0v) is 42.4. The van der Waals surface area contributed by atoms with E-state index in [9.17, 15) is 0 Å². The predicted molar refractivity (Wildman–Crippen MR) is 248 cm³/mol. The first-order chi connectivity index (χ1) is 25.6. The molecule has 0 heterocycles. The molecule has 0 unspecified atom stereocenters. The number of rotatable bonds is 6. The topological polar surface area (TPSA) is 0 Å². The Morgan fingerprint density at radius 1 is 0.448 bits per heavy atom. The third kappa shape index (κ3) is 13.8. The smallest absolute Gasteiger partial charge is 1.00 e. The van der Waals surface area contributed by atoms with Gasteiger partial charge >= 0.3 is 26.2 Å². The molecule has 0 aromatic heterocycles. The fourth-order valence-corrected chi connectivity index (χ4v) is 7.26. The Balaban J connectivity index is 0.000000518. The third-order valence-electron chi connectivity index (χ3n) is 10.7. The molecule has 6 rings (SSSR count). The van der Waals surface area contributed by atoms with Gasteiger partial charge in [-0.15, -0.1) is 69.1 Å². The maximum atomic E-state index is 3.38. The summed E-state index contributed by atoms with van der Waals surface area (Å²) in [5.74, 6) is 0. The minimum atomic E-state index is 0. The SMILES string of the molecule is CCCc1cc2c(-c3cc(C(C)(C)C)cc(C(C)(C)C)c3)cccc2[cH-]1.CCCc1cc2c(-c3cc(C(C)(C)C)cc(C(C)(C)C)c3)cccc2[cH-]1.[CH2-]C[CH2-].[Cl-].[Cl-].[Zr+2]. The second-order valence-corrected chi connectivity index (χ2v) is 19.8. The summed E-state index contributed by atoms with van der Waals surface area (Å²) in [6.07, 6.45) is 5.45. The normalized spacial score (nSPS) is 11.7. The molecule has 0 amide bonds. The van der Waals surface area contributed by atoms with E-state index in [-0.39, 0.29) is 72.7 Å². The van der Waals surface area contributed by atoms with Crippen molar-refractivity contribution in [1.82, 2.24) is 0 Å². The molecule has 3 heteroatoms. The molecular weight excluding hydrogens is 823 g/mol. The average Bonchev–Trinajstić information content (AvgIpc) is 3.70. The monoisotopic (exact) mass is 892 g/mol. The number of hydrogen-bond acceptors (Lipinski definition) is 0. The Hall–Kier alpha value is -2.44. The van der Waals surface area contributed by atoms with E-state index in [2.05, 4.69) is 208 Å². The molecule has 0 bridgehead atoms. The van der Waals surface area contributed by atoms with Crippen molar-refractivity contribution < 1.29 is 51.0 Å². The number of aryl methyl sites for hydroxylation is 2. The van der Waals surface area contributed by atoms with Gasteiger partial charge in [0.1, 0.15) is 0 Å². The molecule has 0 aliphatic rings. The van der Waals surface area contributed by atoms with Crippen LogP contribution in [-0.2, 0) is 60.7 Å². The molecule has 0 N–H and O–H groups in total. The fourth-order valence-electron chi connectivity index (χ4n) is 7.26. The van der Waals surface area contributed by atoms with Crippen LogP contribution >= 0.6 is 0 Å². The van der Waals surface area contributed by atoms with E-state index < -0.39 is 0 Å². The quantitative estimate of drug-likeness (QED) is 0.146. The van der Waals surface area contributed by atoms with Gasteiger partial charge in [-0.2, -0.15) is 12.1 Å². The first kappa shape index (κ1) is 53.6.